The van der Waals surface area contributed by atoms with Crippen molar-refractivity contribution < 1.29 is 29.1 Å². The molecule has 0 aromatic heterocycles. The van der Waals surface area contributed by atoms with E-state index < -0.39 is 25.4 Å². The summed E-state index contributed by atoms with van der Waals surface area (Å²) in [6.07, 6.45) is 4.48. The Balaban J connectivity index is 1.53. The van der Waals surface area contributed by atoms with Crippen LogP contribution in [0.15, 0.2) is 54.6 Å². The van der Waals surface area contributed by atoms with Gasteiger partial charge in [0.25, 0.3) is 0 Å². The lowest BCUT2D eigenvalue weighted by atomic mass is 9.82. The van der Waals surface area contributed by atoms with Gasteiger partial charge in [0.1, 0.15) is 36.1 Å². The number of aliphatic hydroxyl groups is 1. The monoisotopic (exact) mass is 462 g/mol. The lowest BCUT2D eigenvalue weighted by Gasteiger charge is -2.41. The van der Waals surface area contributed by atoms with Crippen molar-refractivity contribution >= 4 is 8.03 Å². The lowest BCUT2D eigenvalue weighted by molar-refractivity contribution is 0.0987. The highest BCUT2D eigenvalue weighted by atomic mass is 31.1. The van der Waals surface area contributed by atoms with Gasteiger partial charge in [0, 0.05) is 12.6 Å². The first-order valence-electron chi connectivity index (χ1n) is 11.1. The van der Waals surface area contributed by atoms with Crippen molar-refractivity contribution in [3.05, 3.63) is 61.0 Å². The second-order valence-electron chi connectivity index (χ2n) is 8.20. The largest absolute Gasteiger partial charge is 0.508 e. The SMILES string of the molecule is O=[PH](O)C1(C(CCNCC(O)COc2cccc(O)c2)Oc2ccccc2)CC[CH]CC1. The summed E-state index contributed by atoms with van der Waals surface area (Å²) >= 11 is 0. The van der Waals surface area contributed by atoms with Crippen molar-refractivity contribution in [1.82, 2.24) is 5.32 Å². The molecular weight excluding hydrogens is 429 g/mol. The van der Waals surface area contributed by atoms with Gasteiger partial charge in [-0.05, 0) is 69.3 Å². The molecule has 1 aliphatic carbocycles. The predicted molar refractivity (Wildman–Crippen MR) is 125 cm³/mol. The normalized spacial score (nSPS) is 18.4. The molecule has 0 spiro atoms. The molecule has 3 unspecified atom stereocenters. The summed E-state index contributed by atoms with van der Waals surface area (Å²) in [6, 6.07) is 15.8. The van der Waals surface area contributed by atoms with Crippen LogP contribution in [0.2, 0.25) is 0 Å². The van der Waals surface area contributed by atoms with Crippen LogP contribution in [0.5, 0.6) is 17.2 Å². The highest BCUT2D eigenvalue weighted by Crippen LogP contribution is 2.50. The van der Waals surface area contributed by atoms with E-state index in [1.54, 1.807) is 18.2 Å². The standard InChI is InChI=1S/C24H33NO6P/c26-19-8-7-11-22(16-19)30-18-20(27)17-25-15-12-23(31-21-9-3-1-4-10-21)24(32(28)29)13-5-2-6-14-24/h1-4,7-11,16,20,23,25-27,32H,5-6,12-15,17-18H2,(H,28,29). The molecule has 2 aromatic rings. The van der Waals surface area contributed by atoms with E-state index in [4.69, 9.17) is 9.47 Å². The fourth-order valence-corrected chi connectivity index (χ4v) is 5.30. The molecule has 1 fully saturated rings. The van der Waals surface area contributed by atoms with Crippen LogP contribution in [0.25, 0.3) is 0 Å². The highest BCUT2D eigenvalue weighted by molar-refractivity contribution is 7.40. The number of aromatic hydroxyl groups is 1. The van der Waals surface area contributed by atoms with E-state index in [1.165, 1.54) is 6.07 Å². The molecular formula is C24H33NO6P. The molecule has 8 heteroatoms. The van der Waals surface area contributed by atoms with E-state index in [9.17, 15) is 19.7 Å². The molecule has 7 nitrogen and oxygen atoms in total. The minimum atomic E-state index is -2.82. The van der Waals surface area contributed by atoms with Crippen molar-refractivity contribution in [2.24, 2.45) is 0 Å². The van der Waals surface area contributed by atoms with Crippen molar-refractivity contribution in [3.8, 4) is 17.2 Å². The summed E-state index contributed by atoms with van der Waals surface area (Å²) in [5, 5.41) is 22.1. The molecule has 0 bridgehead atoms. The number of hydrogen-bond donors (Lipinski definition) is 4. The van der Waals surface area contributed by atoms with E-state index >= 15 is 0 Å². The van der Waals surface area contributed by atoms with Gasteiger partial charge in [-0.1, -0.05) is 24.3 Å². The first-order chi connectivity index (χ1) is 15.5. The van der Waals surface area contributed by atoms with Crippen LogP contribution in [0, 0.1) is 6.42 Å². The maximum absolute atomic E-state index is 12.5. The van der Waals surface area contributed by atoms with Gasteiger partial charge in [0.05, 0.1) is 5.16 Å². The van der Waals surface area contributed by atoms with Gasteiger partial charge in [-0.2, -0.15) is 0 Å². The Morgan fingerprint density at radius 1 is 1.06 bits per heavy atom. The van der Waals surface area contributed by atoms with Gasteiger partial charge in [0.2, 0.25) is 0 Å². The minimum Gasteiger partial charge on any atom is -0.508 e. The molecule has 2 aromatic carbocycles. The molecule has 0 heterocycles. The average Bonchev–Trinajstić information content (AvgIpc) is 2.81. The van der Waals surface area contributed by atoms with Gasteiger partial charge in [0.15, 0.2) is 8.03 Å². The molecule has 3 rings (SSSR count). The van der Waals surface area contributed by atoms with Gasteiger partial charge in [-0.15, -0.1) is 0 Å². The predicted octanol–water partition coefficient (Wildman–Crippen LogP) is 3.54. The summed E-state index contributed by atoms with van der Waals surface area (Å²) in [5.41, 5.74) is 0. The fraction of sp³-hybridized carbons (Fsp3) is 0.458. The Kier molecular flexibility index (Phi) is 9.42. The number of nitrogens with one attached hydrogen (secondary N) is 1. The minimum absolute atomic E-state index is 0.0878. The van der Waals surface area contributed by atoms with Crippen LogP contribution >= 0.6 is 8.03 Å². The topological polar surface area (TPSA) is 108 Å². The van der Waals surface area contributed by atoms with E-state index in [2.05, 4.69) is 11.7 Å². The molecule has 0 aliphatic heterocycles. The summed E-state index contributed by atoms with van der Waals surface area (Å²) in [5.74, 6) is 1.29. The quantitative estimate of drug-likeness (QED) is 0.282. The van der Waals surface area contributed by atoms with Crippen molar-refractivity contribution in [3.63, 3.8) is 0 Å². The zero-order valence-electron chi connectivity index (χ0n) is 18.2. The average molecular weight is 463 g/mol. The van der Waals surface area contributed by atoms with E-state index in [1.807, 2.05) is 30.3 Å². The van der Waals surface area contributed by atoms with Crippen LogP contribution in [0.4, 0.5) is 0 Å². The number of phenols is 1. The lowest BCUT2D eigenvalue weighted by Crippen LogP contribution is -2.46. The van der Waals surface area contributed by atoms with E-state index in [0.29, 0.717) is 43.9 Å². The maximum atomic E-state index is 12.5. The number of para-hydroxylation sites is 1. The number of ether oxygens (including phenoxy) is 2. The Labute approximate surface area is 190 Å². The van der Waals surface area contributed by atoms with Crippen LogP contribution in [-0.4, -0.2) is 52.2 Å². The second-order valence-corrected chi connectivity index (χ2v) is 9.81. The Morgan fingerprint density at radius 3 is 2.47 bits per heavy atom. The fourth-order valence-electron chi connectivity index (χ4n) is 4.10. The second kappa shape index (κ2) is 12.3. The van der Waals surface area contributed by atoms with Crippen LogP contribution < -0.4 is 14.8 Å². The highest BCUT2D eigenvalue weighted by Gasteiger charge is 2.45. The Morgan fingerprint density at radius 2 is 1.78 bits per heavy atom. The molecule has 1 saturated carbocycles. The Hall–Kier alpha value is -2.05. The van der Waals surface area contributed by atoms with E-state index in [-0.39, 0.29) is 12.4 Å². The maximum Gasteiger partial charge on any atom is 0.198 e. The van der Waals surface area contributed by atoms with Gasteiger partial charge in [-0.25, -0.2) is 0 Å². The summed E-state index contributed by atoms with van der Waals surface area (Å²) in [7, 11) is -2.82. The Bertz CT molecular complexity index is 843. The van der Waals surface area contributed by atoms with Crippen LogP contribution in [0.3, 0.4) is 0 Å². The smallest absolute Gasteiger partial charge is 0.198 e. The van der Waals surface area contributed by atoms with Crippen LogP contribution in [0.1, 0.15) is 32.1 Å². The summed E-state index contributed by atoms with van der Waals surface area (Å²) in [4.78, 5) is 10.3. The third-order valence-electron chi connectivity index (χ3n) is 5.88. The van der Waals surface area contributed by atoms with E-state index in [0.717, 1.165) is 12.8 Å². The number of phenolic OH excluding ortho intramolecular Hbond substituents is 1. The molecule has 32 heavy (non-hydrogen) atoms. The van der Waals surface area contributed by atoms with Gasteiger partial charge < -0.3 is 29.9 Å². The molecule has 3 atom stereocenters. The summed E-state index contributed by atoms with van der Waals surface area (Å²) in [6.45, 7) is 0.928. The molecule has 0 saturated heterocycles. The molecule has 0 amide bonds. The number of hydrogen-bond acceptors (Lipinski definition) is 6. The zero-order valence-corrected chi connectivity index (χ0v) is 19.2. The number of benzene rings is 2. The molecule has 175 valence electrons. The third-order valence-corrected chi connectivity index (χ3v) is 7.55. The van der Waals surface area contributed by atoms with Crippen molar-refractivity contribution in [2.45, 2.75) is 49.5 Å². The first kappa shape index (κ1) is 24.6. The molecule has 1 aliphatic rings. The van der Waals surface area contributed by atoms with Crippen LogP contribution in [-0.2, 0) is 4.57 Å². The third kappa shape index (κ3) is 6.97. The zero-order chi connectivity index (χ0) is 22.8. The number of aliphatic hydroxyl groups excluding tert-OH is 1. The summed E-state index contributed by atoms with van der Waals surface area (Å²) < 4.78 is 24.2. The van der Waals surface area contributed by atoms with Crippen molar-refractivity contribution in [1.29, 1.82) is 0 Å². The number of rotatable bonds is 12. The van der Waals surface area contributed by atoms with Gasteiger partial charge >= 0.3 is 0 Å². The van der Waals surface area contributed by atoms with Crippen molar-refractivity contribution in [2.75, 3.05) is 19.7 Å². The van der Waals surface area contributed by atoms with Gasteiger partial charge in [-0.3, -0.25) is 4.57 Å². The molecule has 4 N–H and O–H groups in total. The first-order valence-corrected chi connectivity index (χ1v) is 12.4. The molecule has 1 radical (unpaired) electrons.